The summed E-state index contributed by atoms with van der Waals surface area (Å²) in [5.74, 6) is 3.26. The molecule has 0 aliphatic carbocycles. The molecule has 0 N–H and O–H groups in total. The van der Waals surface area contributed by atoms with Gasteiger partial charge in [0.1, 0.15) is 0 Å². The van der Waals surface area contributed by atoms with Crippen molar-refractivity contribution in [3.05, 3.63) is 12.2 Å². The molecule has 0 aromatic rings. The molecule has 0 fully saturated rings. The maximum Gasteiger partial charge on any atom is -0.0322 e. The van der Waals surface area contributed by atoms with Gasteiger partial charge in [0, 0.05) is 0 Å². The summed E-state index contributed by atoms with van der Waals surface area (Å²) in [5.41, 5.74) is 0. The third-order valence-electron chi connectivity index (χ3n) is 3.46. The van der Waals surface area contributed by atoms with Crippen LogP contribution in [-0.4, -0.2) is 0 Å². The molecule has 0 aliphatic rings. The summed E-state index contributed by atoms with van der Waals surface area (Å²) in [7, 11) is 0. The first-order valence-corrected chi connectivity index (χ1v) is 6.10. The smallest absolute Gasteiger partial charge is 0.0322 e. The molecule has 0 saturated carbocycles. The van der Waals surface area contributed by atoms with Gasteiger partial charge < -0.3 is 0 Å². The van der Waals surface area contributed by atoms with E-state index in [0.29, 0.717) is 0 Å². The van der Waals surface area contributed by atoms with Crippen LogP contribution in [0.2, 0.25) is 0 Å². The SMILES string of the molecule is CC(C)[C@H](C)C/C=C/C[C@H](C)C(C)C. The molecule has 0 aromatic heterocycles. The van der Waals surface area contributed by atoms with Crippen LogP contribution in [0.1, 0.15) is 54.4 Å². The largest absolute Gasteiger partial charge is 0.0883 e. The monoisotopic (exact) mass is 196 g/mol. The van der Waals surface area contributed by atoms with E-state index in [1.807, 2.05) is 0 Å². The van der Waals surface area contributed by atoms with Crippen molar-refractivity contribution in [2.24, 2.45) is 23.7 Å². The minimum absolute atomic E-state index is 0.808. The van der Waals surface area contributed by atoms with Crippen molar-refractivity contribution in [3.63, 3.8) is 0 Å². The Bertz CT molecular complexity index is 135. The number of hydrogen-bond acceptors (Lipinski definition) is 0. The zero-order chi connectivity index (χ0) is 11.1. The second-order valence-corrected chi connectivity index (χ2v) is 5.39. The summed E-state index contributed by atoms with van der Waals surface area (Å²) in [6.45, 7) is 13.9. The normalized spacial score (nSPS) is 16.9. The first kappa shape index (κ1) is 13.7. The lowest BCUT2D eigenvalue weighted by molar-refractivity contribution is 0.415. The van der Waals surface area contributed by atoms with Gasteiger partial charge in [-0.15, -0.1) is 0 Å². The maximum atomic E-state index is 2.36. The lowest BCUT2D eigenvalue weighted by Gasteiger charge is -2.14. The first-order chi connectivity index (χ1) is 6.45. The zero-order valence-electron chi connectivity index (χ0n) is 10.9. The van der Waals surface area contributed by atoms with E-state index >= 15 is 0 Å². The van der Waals surface area contributed by atoms with Gasteiger partial charge in [0.05, 0.1) is 0 Å². The summed E-state index contributed by atoms with van der Waals surface area (Å²) in [6, 6.07) is 0. The molecule has 0 aliphatic heterocycles. The van der Waals surface area contributed by atoms with Crippen LogP contribution < -0.4 is 0 Å². The molecule has 14 heavy (non-hydrogen) atoms. The Hall–Kier alpha value is -0.260. The van der Waals surface area contributed by atoms with Crippen molar-refractivity contribution in [1.82, 2.24) is 0 Å². The summed E-state index contributed by atoms with van der Waals surface area (Å²) >= 11 is 0. The molecule has 0 radical (unpaired) electrons. The van der Waals surface area contributed by atoms with Gasteiger partial charge in [-0.25, -0.2) is 0 Å². The second-order valence-electron chi connectivity index (χ2n) is 5.39. The van der Waals surface area contributed by atoms with E-state index in [9.17, 15) is 0 Å². The predicted octanol–water partition coefficient (Wildman–Crippen LogP) is 4.91. The van der Waals surface area contributed by atoms with Crippen molar-refractivity contribution < 1.29 is 0 Å². The Morgan fingerprint density at radius 2 is 0.929 bits per heavy atom. The zero-order valence-corrected chi connectivity index (χ0v) is 10.9. The standard InChI is InChI=1S/C14H28/c1-11(2)13(5)9-7-8-10-14(6)12(3)4/h7-8,11-14H,9-10H2,1-6H3/b8-7+/t13-,14+. The van der Waals surface area contributed by atoms with Crippen molar-refractivity contribution in [2.75, 3.05) is 0 Å². The lowest BCUT2D eigenvalue weighted by atomic mass is 9.92. The molecule has 0 rings (SSSR count). The fourth-order valence-corrected chi connectivity index (χ4v) is 1.17. The average molecular weight is 196 g/mol. The minimum atomic E-state index is 0.808. The maximum absolute atomic E-state index is 2.36. The highest BCUT2D eigenvalue weighted by atomic mass is 14.1. The van der Waals surface area contributed by atoms with E-state index in [1.165, 1.54) is 12.8 Å². The number of allylic oxidation sites excluding steroid dienone is 2. The summed E-state index contributed by atoms with van der Waals surface area (Å²) in [4.78, 5) is 0. The Balaban J connectivity index is 3.64. The molecular weight excluding hydrogens is 168 g/mol. The third-order valence-corrected chi connectivity index (χ3v) is 3.46. The van der Waals surface area contributed by atoms with Crippen LogP contribution in [0.15, 0.2) is 12.2 Å². The van der Waals surface area contributed by atoms with E-state index in [4.69, 9.17) is 0 Å². The predicted molar refractivity (Wildman–Crippen MR) is 66.4 cm³/mol. The van der Waals surface area contributed by atoms with Crippen molar-refractivity contribution in [1.29, 1.82) is 0 Å². The van der Waals surface area contributed by atoms with Crippen LogP contribution in [0, 0.1) is 23.7 Å². The Morgan fingerprint density at radius 3 is 1.14 bits per heavy atom. The highest BCUT2D eigenvalue weighted by Gasteiger charge is 2.05. The molecule has 0 saturated heterocycles. The van der Waals surface area contributed by atoms with E-state index in [-0.39, 0.29) is 0 Å². The summed E-state index contributed by atoms with van der Waals surface area (Å²) in [5, 5.41) is 0. The fourth-order valence-electron chi connectivity index (χ4n) is 1.17. The van der Waals surface area contributed by atoms with Gasteiger partial charge in [0.15, 0.2) is 0 Å². The highest BCUT2D eigenvalue weighted by molar-refractivity contribution is 4.85. The topological polar surface area (TPSA) is 0 Å². The molecule has 0 unspecified atom stereocenters. The molecule has 0 amide bonds. The van der Waals surface area contributed by atoms with Crippen LogP contribution in [0.5, 0.6) is 0 Å². The first-order valence-electron chi connectivity index (χ1n) is 6.10. The quantitative estimate of drug-likeness (QED) is 0.530. The molecule has 2 atom stereocenters. The van der Waals surface area contributed by atoms with Gasteiger partial charge in [0.25, 0.3) is 0 Å². The highest BCUT2D eigenvalue weighted by Crippen LogP contribution is 2.17. The van der Waals surface area contributed by atoms with Crippen LogP contribution in [0.4, 0.5) is 0 Å². The van der Waals surface area contributed by atoms with Crippen LogP contribution in [0.3, 0.4) is 0 Å². The molecule has 84 valence electrons. The van der Waals surface area contributed by atoms with Crippen molar-refractivity contribution in [2.45, 2.75) is 54.4 Å². The molecule has 0 nitrogen and oxygen atoms in total. The van der Waals surface area contributed by atoms with Gasteiger partial charge >= 0.3 is 0 Å². The molecule has 0 heteroatoms. The number of hydrogen-bond donors (Lipinski definition) is 0. The summed E-state index contributed by atoms with van der Waals surface area (Å²) < 4.78 is 0. The van der Waals surface area contributed by atoms with Crippen LogP contribution in [0.25, 0.3) is 0 Å². The minimum Gasteiger partial charge on any atom is -0.0883 e. The molecule has 0 spiro atoms. The van der Waals surface area contributed by atoms with Crippen molar-refractivity contribution >= 4 is 0 Å². The Kier molecular flexibility index (Phi) is 6.96. The van der Waals surface area contributed by atoms with Gasteiger partial charge in [-0.3, -0.25) is 0 Å². The Morgan fingerprint density at radius 1 is 0.643 bits per heavy atom. The lowest BCUT2D eigenvalue weighted by Crippen LogP contribution is -2.03. The molecule has 0 heterocycles. The van der Waals surface area contributed by atoms with Crippen LogP contribution >= 0.6 is 0 Å². The molecular formula is C14H28. The second kappa shape index (κ2) is 7.09. The van der Waals surface area contributed by atoms with Gasteiger partial charge in [-0.2, -0.15) is 0 Å². The van der Waals surface area contributed by atoms with Gasteiger partial charge in [0.2, 0.25) is 0 Å². The van der Waals surface area contributed by atoms with Gasteiger partial charge in [-0.1, -0.05) is 53.7 Å². The van der Waals surface area contributed by atoms with E-state index in [2.05, 4.69) is 53.7 Å². The van der Waals surface area contributed by atoms with E-state index in [0.717, 1.165) is 23.7 Å². The van der Waals surface area contributed by atoms with E-state index < -0.39 is 0 Å². The Labute approximate surface area is 90.8 Å². The molecule has 0 aromatic carbocycles. The van der Waals surface area contributed by atoms with Crippen LogP contribution in [-0.2, 0) is 0 Å². The van der Waals surface area contributed by atoms with Gasteiger partial charge in [-0.05, 0) is 36.5 Å². The van der Waals surface area contributed by atoms with Crippen molar-refractivity contribution in [3.8, 4) is 0 Å². The third kappa shape index (κ3) is 6.23. The average Bonchev–Trinajstić information content (AvgIpc) is 2.11. The van der Waals surface area contributed by atoms with E-state index in [1.54, 1.807) is 0 Å². The summed E-state index contributed by atoms with van der Waals surface area (Å²) in [6.07, 6.45) is 7.21. The fraction of sp³-hybridized carbons (Fsp3) is 0.857. The molecule has 0 bridgehead atoms. The number of rotatable bonds is 6.